The van der Waals surface area contributed by atoms with Gasteiger partial charge in [0.2, 0.25) is 0 Å². The summed E-state index contributed by atoms with van der Waals surface area (Å²) in [7, 11) is 1.50. The van der Waals surface area contributed by atoms with Crippen molar-refractivity contribution in [2.24, 2.45) is 0 Å². The molecule has 0 bridgehead atoms. The van der Waals surface area contributed by atoms with Gasteiger partial charge in [0.1, 0.15) is 5.75 Å². The van der Waals surface area contributed by atoms with E-state index in [2.05, 4.69) is 26.2 Å². The zero-order valence-corrected chi connectivity index (χ0v) is 12.4. The number of amides is 1. The van der Waals surface area contributed by atoms with Gasteiger partial charge >= 0.3 is 0 Å². The average molecular weight is 348 g/mol. The second-order valence-corrected chi connectivity index (χ2v) is 6.11. The topological polar surface area (TPSA) is 51.2 Å². The Labute approximate surface area is 121 Å². The Hall–Kier alpha value is -1.11. The fraction of sp³-hybridized carbons (Fsp3) is 0.0909. The molecule has 0 fully saturated rings. The van der Waals surface area contributed by atoms with Crippen LogP contribution in [0.4, 0.5) is 5.13 Å². The first-order chi connectivity index (χ1) is 8.60. The van der Waals surface area contributed by atoms with E-state index < -0.39 is 0 Å². The van der Waals surface area contributed by atoms with Crippen molar-refractivity contribution in [1.29, 1.82) is 0 Å². The highest BCUT2D eigenvalue weighted by Crippen LogP contribution is 2.26. The molecule has 2 aromatic rings. The number of carbonyl (C=O) groups excluding carboxylic acids is 1. The molecule has 0 saturated heterocycles. The van der Waals surface area contributed by atoms with E-state index in [1.165, 1.54) is 18.4 Å². The van der Waals surface area contributed by atoms with Gasteiger partial charge in [-0.05, 0) is 34.1 Å². The van der Waals surface area contributed by atoms with Gasteiger partial charge in [-0.2, -0.15) is 0 Å². The molecule has 2 rings (SSSR count). The Bertz CT molecular complexity index is 588. The molecule has 0 saturated carbocycles. The van der Waals surface area contributed by atoms with E-state index in [0.29, 0.717) is 21.5 Å². The number of carbonyl (C=O) groups is 1. The van der Waals surface area contributed by atoms with Crippen LogP contribution >= 0.6 is 38.9 Å². The number of aromatic nitrogens is 1. The third-order valence-electron chi connectivity index (χ3n) is 2.10. The minimum atomic E-state index is -0.309. The zero-order chi connectivity index (χ0) is 13.1. The number of benzene rings is 1. The second-order valence-electron chi connectivity index (χ2n) is 3.27. The number of rotatable bonds is 3. The summed E-state index contributed by atoms with van der Waals surface area (Å²) >= 11 is 10.5. The predicted molar refractivity (Wildman–Crippen MR) is 75.8 cm³/mol. The van der Waals surface area contributed by atoms with Crippen LogP contribution in [0, 0.1) is 0 Å². The summed E-state index contributed by atoms with van der Waals surface area (Å²) in [4.78, 5) is 16.1. The van der Waals surface area contributed by atoms with E-state index >= 15 is 0 Å². The Kier molecular flexibility index (Phi) is 4.21. The second kappa shape index (κ2) is 5.69. The number of ether oxygens (including phenoxy) is 1. The summed E-state index contributed by atoms with van der Waals surface area (Å²) in [6.07, 6.45) is 1.62. The van der Waals surface area contributed by atoms with Crippen LogP contribution in [-0.2, 0) is 0 Å². The van der Waals surface area contributed by atoms with E-state index in [4.69, 9.17) is 16.3 Å². The van der Waals surface area contributed by atoms with Gasteiger partial charge in [0.15, 0.2) is 5.13 Å². The first kappa shape index (κ1) is 13.3. The number of halogens is 2. The number of nitrogens with zero attached hydrogens (tertiary/aromatic N) is 1. The number of nitrogens with one attached hydrogen (secondary N) is 1. The third-order valence-corrected chi connectivity index (χ3v) is 3.73. The van der Waals surface area contributed by atoms with Crippen molar-refractivity contribution in [1.82, 2.24) is 4.98 Å². The van der Waals surface area contributed by atoms with Crippen LogP contribution < -0.4 is 10.1 Å². The summed E-state index contributed by atoms with van der Waals surface area (Å²) in [5.74, 6) is 0.156. The smallest absolute Gasteiger partial charge is 0.261 e. The van der Waals surface area contributed by atoms with Crippen molar-refractivity contribution in [3.05, 3.63) is 38.8 Å². The van der Waals surface area contributed by atoms with E-state index in [-0.39, 0.29) is 5.91 Å². The molecule has 0 radical (unpaired) electrons. The first-order valence-corrected chi connectivity index (χ1v) is 6.85. The first-order valence-electron chi connectivity index (χ1n) is 4.86. The molecule has 0 aliphatic heterocycles. The van der Waals surface area contributed by atoms with Gasteiger partial charge < -0.3 is 4.74 Å². The van der Waals surface area contributed by atoms with Crippen molar-refractivity contribution >= 4 is 49.9 Å². The van der Waals surface area contributed by atoms with Crippen LogP contribution in [0.25, 0.3) is 0 Å². The fourth-order valence-electron chi connectivity index (χ4n) is 1.33. The summed E-state index contributed by atoms with van der Waals surface area (Å²) in [5, 5.41) is 3.66. The highest BCUT2D eigenvalue weighted by Gasteiger charge is 2.14. The van der Waals surface area contributed by atoms with Crippen LogP contribution in [0.5, 0.6) is 5.75 Å². The van der Waals surface area contributed by atoms with Gasteiger partial charge in [0.05, 0.1) is 22.7 Å². The quantitative estimate of drug-likeness (QED) is 0.918. The highest BCUT2D eigenvalue weighted by atomic mass is 79.9. The van der Waals surface area contributed by atoms with Gasteiger partial charge in [0.25, 0.3) is 5.91 Å². The molecule has 1 aromatic heterocycles. The lowest BCUT2D eigenvalue weighted by Crippen LogP contribution is -2.12. The molecule has 1 amide bonds. The monoisotopic (exact) mass is 346 g/mol. The largest absolute Gasteiger partial charge is 0.496 e. The summed E-state index contributed by atoms with van der Waals surface area (Å²) in [6.45, 7) is 0. The lowest BCUT2D eigenvalue weighted by molar-refractivity contribution is 0.102. The normalized spacial score (nSPS) is 10.2. The number of thiazole rings is 1. The molecule has 18 heavy (non-hydrogen) atoms. The lowest BCUT2D eigenvalue weighted by atomic mass is 10.2. The van der Waals surface area contributed by atoms with Crippen molar-refractivity contribution in [3.63, 3.8) is 0 Å². The van der Waals surface area contributed by atoms with Crippen LogP contribution in [-0.4, -0.2) is 18.0 Å². The van der Waals surface area contributed by atoms with Crippen molar-refractivity contribution in [2.45, 2.75) is 0 Å². The lowest BCUT2D eigenvalue weighted by Gasteiger charge is -2.07. The average Bonchev–Trinajstić information content (AvgIpc) is 2.74. The molecule has 4 nitrogen and oxygen atoms in total. The SMILES string of the molecule is COc1ccc(Cl)cc1C(=O)Nc1ncc(Br)s1. The maximum absolute atomic E-state index is 12.1. The number of methoxy groups -OCH3 is 1. The Morgan fingerprint density at radius 2 is 2.33 bits per heavy atom. The molecule has 1 N–H and O–H groups in total. The van der Waals surface area contributed by atoms with Crippen LogP contribution in [0.2, 0.25) is 5.02 Å². The van der Waals surface area contributed by atoms with Gasteiger partial charge in [-0.25, -0.2) is 4.98 Å². The summed E-state index contributed by atoms with van der Waals surface area (Å²) in [6, 6.07) is 4.87. The molecule has 0 aliphatic carbocycles. The maximum Gasteiger partial charge on any atom is 0.261 e. The number of anilines is 1. The van der Waals surface area contributed by atoms with E-state index in [1.54, 1.807) is 24.4 Å². The van der Waals surface area contributed by atoms with Crippen molar-refractivity contribution < 1.29 is 9.53 Å². The van der Waals surface area contributed by atoms with E-state index in [0.717, 1.165) is 3.79 Å². The molecule has 7 heteroatoms. The van der Waals surface area contributed by atoms with E-state index in [1.807, 2.05) is 0 Å². The van der Waals surface area contributed by atoms with Crippen molar-refractivity contribution in [2.75, 3.05) is 12.4 Å². The standard InChI is InChI=1S/C11H8BrClN2O2S/c1-17-8-3-2-6(13)4-7(8)10(16)15-11-14-5-9(12)18-11/h2-5H,1H3,(H,14,15,16). The fourth-order valence-corrected chi connectivity index (χ4v) is 2.61. The van der Waals surface area contributed by atoms with Crippen molar-refractivity contribution in [3.8, 4) is 5.75 Å². The molecule has 0 atom stereocenters. The van der Waals surface area contributed by atoms with Gasteiger partial charge in [-0.3, -0.25) is 10.1 Å². The van der Waals surface area contributed by atoms with E-state index in [9.17, 15) is 4.79 Å². The molecule has 1 heterocycles. The van der Waals surface area contributed by atoms with Gasteiger partial charge in [0, 0.05) is 5.02 Å². The molecule has 0 unspecified atom stereocenters. The third kappa shape index (κ3) is 3.01. The molecule has 94 valence electrons. The van der Waals surface area contributed by atoms with Crippen LogP contribution in [0.15, 0.2) is 28.2 Å². The predicted octanol–water partition coefficient (Wildman–Crippen LogP) is 3.82. The Morgan fingerprint density at radius 1 is 1.56 bits per heavy atom. The maximum atomic E-state index is 12.1. The minimum Gasteiger partial charge on any atom is -0.496 e. The molecule has 0 aliphatic rings. The Balaban J connectivity index is 2.25. The molecular weight excluding hydrogens is 340 g/mol. The number of hydrogen-bond acceptors (Lipinski definition) is 4. The van der Waals surface area contributed by atoms with Crippen LogP contribution in [0.1, 0.15) is 10.4 Å². The van der Waals surface area contributed by atoms with Crippen LogP contribution in [0.3, 0.4) is 0 Å². The highest BCUT2D eigenvalue weighted by molar-refractivity contribution is 9.11. The zero-order valence-electron chi connectivity index (χ0n) is 9.24. The summed E-state index contributed by atoms with van der Waals surface area (Å²) < 4.78 is 5.96. The van der Waals surface area contributed by atoms with Gasteiger partial charge in [-0.15, -0.1) is 0 Å². The van der Waals surface area contributed by atoms with Gasteiger partial charge in [-0.1, -0.05) is 22.9 Å². The summed E-state index contributed by atoms with van der Waals surface area (Å²) in [5.41, 5.74) is 0.372. The molecular formula is C11H8BrClN2O2S. The Morgan fingerprint density at radius 3 is 2.94 bits per heavy atom. The number of hydrogen-bond donors (Lipinski definition) is 1. The molecule has 1 aromatic carbocycles. The minimum absolute atomic E-state index is 0.309. The molecule has 0 spiro atoms.